The van der Waals surface area contributed by atoms with Crippen molar-refractivity contribution in [3.63, 3.8) is 0 Å². The van der Waals surface area contributed by atoms with Crippen molar-refractivity contribution in [3.05, 3.63) is 42.5 Å². The number of hydrogen-bond acceptors (Lipinski definition) is 6. The topological polar surface area (TPSA) is 118 Å². The molecule has 0 aliphatic rings. The van der Waals surface area contributed by atoms with Crippen molar-refractivity contribution >= 4 is 42.5 Å². The van der Waals surface area contributed by atoms with Crippen LogP contribution in [0.4, 0.5) is 11.4 Å². The summed E-state index contributed by atoms with van der Waals surface area (Å²) in [5.41, 5.74) is 2.60. The highest BCUT2D eigenvalue weighted by Gasteiger charge is 2.13. The molecular weight excluding hydrogens is 414 g/mol. The molecule has 0 bridgehead atoms. The van der Waals surface area contributed by atoms with Gasteiger partial charge in [0.2, 0.25) is 25.9 Å². The molecule has 0 fully saturated rings. The van der Waals surface area contributed by atoms with Gasteiger partial charge < -0.3 is 4.42 Å². The molecule has 0 unspecified atom stereocenters. The maximum absolute atomic E-state index is 11.9. The van der Waals surface area contributed by atoms with Gasteiger partial charge in [0.05, 0.1) is 17.2 Å². The molecule has 3 rings (SSSR count). The van der Waals surface area contributed by atoms with Crippen LogP contribution >= 0.6 is 0 Å². The van der Waals surface area contributed by atoms with Crippen molar-refractivity contribution in [2.24, 2.45) is 0 Å². The number of aromatic nitrogens is 1. The third-order valence-corrected chi connectivity index (χ3v) is 7.00. The fourth-order valence-corrected chi connectivity index (χ4v) is 5.05. The summed E-state index contributed by atoms with van der Waals surface area (Å²) in [6, 6.07) is 11.6. The molecule has 3 aromatic rings. The Hall–Kier alpha value is -2.59. The van der Waals surface area contributed by atoms with Crippen LogP contribution < -0.4 is 9.44 Å². The first-order chi connectivity index (χ1) is 13.7. The first-order valence-corrected chi connectivity index (χ1v) is 12.5. The van der Waals surface area contributed by atoms with Crippen LogP contribution in [0, 0.1) is 0 Å². The number of hydrogen-bond donors (Lipinski definition) is 2. The Labute approximate surface area is 170 Å². The van der Waals surface area contributed by atoms with E-state index in [0.29, 0.717) is 46.8 Å². The minimum absolute atomic E-state index is 0.0451. The Morgan fingerprint density at radius 2 is 1.38 bits per heavy atom. The number of benzene rings is 2. The van der Waals surface area contributed by atoms with Crippen LogP contribution in [0.2, 0.25) is 0 Å². The predicted octanol–water partition coefficient (Wildman–Crippen LogP) is 3.80. The summed E-state index contributed by atoms with van der Waals surface area (Å²) in [5.74, 6) is 0.463. The van der Waals surface area contributed by atoms with E-state index >= 15 is 0 Å². The molecule has 2 aromatic carbocycles. The predicted molar refractivity (Wildman–Crippen MR) is 115 cm³/mol. The summed E-state index contributed by atoms with van der Waals surface area (Å²) >= 11 is 0. The van der Waals surface area contributed by atoms with E-state index in [1.807, 2.05) is 0 Å². The third-order valence-electron chi connectivity index (χ3n) is 4.01. The van der Waals surface area contributed by atoms with Crippen LogP contribution in [0.1, 0.15) is 26.7 Å². The lowest BCUT2D eigenvalue weighted by Crippen LogP contribution is -2.15. The van der Waals surface area contributed by atoms with Crippen molar-refractivity contribution < 1.29 is 21.3 Å². The monoisotopic (exact) mass is 437 g/mol. The summed E-state index contributed by atoms with van der Waals surface area (Å²) < 4.78 is 58.4. The van der Waals surface area contributed by atoms with E-state index in [2.05, 4.69) is 14.4 Å². The molecule has 0 saturated carbocycles. The maximum atomic E-state index is 11.9. The van der Waals surface area contributed by atoms with Crippen LogP contribution in [-0.4, -0.2) is 33.3 Å². The molecule has 8 nitrogen and oxygen atoms in total. The average molecular weight is 438 g/mol. The zero-order valence-corrected chi connectivity index (χ0v) is 17.8. The molecule has 0 aliphatic heterocycles. The number of anilines is 2. The largest absolute Gasteiger partial charge is 0.436 e. The van der Waals surface area contributed by atoms with Gasteiger partial charge in [0, 0.05) is 11.3 Å². The molecule has 29 heavy (non-hydrogen) atoms. The highest BCUT2D eigenvalue weighted by atomic mass is 32.2. The highest BCUT2D eigenvalue weighted by Crippen LogP contribution is 2.27. The Balaban J connectivity index is 1.81. The lowest BCUT2D eigenvalue weighted by atomic mass is 10.2. The van der Waals surface area contributed by atoms with Crippen molar-refractivity contribution in [2.45, 2.75) is 26.7 Å². The highest BCUT2D eigenvalue weighted by molar-refractivity contribution is 7.92. The van der Waals surface area contributed by atoms with Gasteiger partial charge in [-0.15, -0.1) is 0 Å². The molecule has 0 radical (unpaired) electrons. The van der Waals surface area contributed by atoms with Gasteiger partial charge in [-0.3, -0.25) is 9.44 Å². The smallest absolute Gasteiger partial charge is 0.232 e. The van der Waals surface area contributed by atoms with Crippen LogP contribution in [0.5, 0.6) is 0 Å². The number of oxazole rings is 1. The van der Waals surface area contributed by atoms with E-state index in [-0.39, 0.29) is 11.5 Å². The van der Waals surface area contributed by atoms with Crippen molar-refractivity contribution in [1.82, 2.24) is 4.98 Å². The third kappa shape index (κ3) is 5.48. The van der Waals surface area contributed by atoms with E-state index in [9.17, 15) is 16.8 Å². The molecule has 0 atom stereocenters. The zero-order valence-electron chi connectivity index (χ0n) is 16.2. The molecule has 0 spiro atoms. The first-order valence-electron chi connectivity index (χ1n) is 9.23. The van der Waals surface area contributed by atoms with Gasteiger partial charge in [-0.1, -0.05) is 13.8 Å². The van der Waals surface area contributed by atoms with Crippen molar-refractivity contribution in [1.29, 1.82) is 0 Å². The van der Waals surface area contributed by atoms with Crippen LogP contribution in [0.3, 0.4) is 0 Å². The van der Waals surface area contributed by atoms with E-state index in [1.165, 1.54) is 0 Å². The van der Waals surface area contributed by atoms with Crippen LogP contribution in [-0.2, 0) is 20.0 Å². The number of nitrogens with one attached hydrogen (secondary N) is 2. The van der Waals surface area contributed by atoms with Gasteiger partial charge >= 0.3 is 0 Å². The molecular formula is C19H23N3O5S2. The maximum Gasteiger partial charge on any atom is 0.232 e. The lowest BCUT2D eigenvalue weighted by molar-refractivity contribution is 0.598. The fourth-order valence-electron chi connectivity index (χ4n) is 2.79. The standard InChI is InChI=1S/C19H23N3O5S2/c1-3-11-28(23,24)21-15-7-5-14(6-8-15)19-20-17-13-16(9-10-18(17)27-19)22-29(25,26)12-4-2/h5-10,13,21-22H,3-4,11-12H2,1-2H3. The van der Waals surface area contributed by atoms with Gasteiger partial charge in [0.15, 0.2) is 5.58 Å². The van der Waals surface area contributed by atoms with Gasteiger partial charge in [-0.2, -0.15) is 0 Å². The quantitative estimate of drug-likeness (QED) is 0.526. The molecule has 0 aliphatic carbocycles. The zero-order chi connectivity index (χ0) is 21.1. The summed E-state index contributed by atoms with van der Waals surface area (Å²) in [7, 11) is -6.74. The molecule has 0 saturated heterocycles. The summed E-state index contributed by atoms with van der Waals surface area (Å²) in [4.78, 5) is 4.41. The molecule has 2 N–H and O–H groups in total. The van der Waals surface area contributed by atoms with Crippen molar-refractivity contribution in [3.8, 4) is 11.5 Å². The van der Waals surface area contributed by atoms with E-state index in [0.717, 1.165) is 0 Å². The molecule has 0 amide bonds. The van der Waals surface area contributed by atoms with E-state index in [4.69, 9.17) is 4.42 Å². The van der Waals surface area contributed by atoms with Gasteiger partial charge in [0.25, 0.3) is 0 Å². The number of rotatable bonds is 9. The average Bonchev–Trinajstić information content (AvgIpc) is 3.04. The fraction of sp³-hybridized carbons (Fsp3) is 0.316. The molecule has 1 aromatic heterocycles. The summed E-state index contributed by atoms with van der Waals surface area (Å²) in [5, 5.41) is 0. The second-order valence-corrected chi connectivity index (χ2v) is 10.3. The van der Waals surface area contributed by atoms with Crippen LogP contribution in [0.25, 0.3) is 22.6 Å². The van der Waals surface area contributed by atoms with Gasteiger partial charge in [0.1, 0.15) is 5.52 Å². The number of nitrogens with zero attached hydrogens (tertiary/aromatic N) is 1. The Kier molecular flexibility index (Phi) is 6.13. The molecule has 10 heteroatoms. The Morgan fingerprint density at radius 3 is 1.97 bits per heavy atom. The van der Waals surface area contributed by atoms with Crippen molar-refractivity contribution in [2.75, 3.05) is 20.9 Å². The minimum atomic E-state index is -3.39. The number of sulfonamides is 2. The lowest BCUT2D eigenvalue weighted by Gasteiger charge is -2.06. The minimum Gasteiger partial charge on any atom is -0.436 e. The Morgan fingerprint density at radius 1 is 0.828 bits per heavy atom. The summed E-state index contributed by atoms with van der Waals surface area (Å²) in [6.45, 7) is 3.60. The second-order valence-electron chi connectivity index (χ2n) is 6.62. The Bertz CT molecular complexity index is 1200. The second kappa shape index (κ2) is 8.42. The molecule has 1 heterocycles. The van der Waals surface area contributed by atoms with Gasteiger partial charge in [-0.05, 0) is 55.3 Å². The normalized spacial score (nSPS) is 12.2. The molecule has 156 valence electrons. The first kappa shape index (κ1) is 21.1. The van der Waals surface area contributed by atoms with E-state index < -0.39 is 20.0 Å². The van der Waals surface area contributed by atoms with Gasteiger partial charge in [-0.25, -0.2) is 21.8 Å². The van der Waals surface area contributed by atoms with E-state index in [1.54, 1.807) is 56.3 Å². The number of fused-ring (bicyclic) bond motifs is 1. The SMILES string of the molecule is CCCS(=O)(=O)Nc1ccc(-c2nc3cc(NS(=O)(=O)CCC)ccc3o2)cc1. The van der Waals surface area contributed by atoms with Crippen LogP contribution in [0.15, 0.2) is 46.9 Å². The summed E-state index contributed by atoms with van der Waals surface area (Å²) in [6.07, 6.45) is 1.06.